The van der Waals surface area contributed by atoms with Gasteiger partial charge in [-0.25, -0.2) is 4.98 Å². The van der Waals surface area contributed by atoms with Crippen molar-refractivity contribution in [2.24, 2.45) is 11.3 Å². The van der Waals surface area contributed by atoms with Crippen molar-refractivity contribution in [3.63, 3.8) is 0 Å². The van der Waals surface area contributed by atoms with Gasteiger partial charge in [0.2, 0.25) is 0 Å². The van der Waals surface area contributed by atoms with Gasteiger partial charge in [0.05, 0.1) is 5.69 Å². The van der Waals surface area contributed by atoms with Crippen LogP contribution in [0.4, 0.5) is 11.4 Å². The van der Waals surface area contributed by atoms with Gasteiger partial charge in [0.15, 0.2) is 5.78 Å². The zero-order valence-corrected chi connectivity index (χ0v) is 22.3. The number of anilines is 2. The van der Waals surface area contributed by atoms with E-state index in [0.717, 1.165) is 40.1 Å². The smallest absolute Gasteiger partial charge is 0.267 e. The van der Waals surface area contributed by atoms with E-state index in [1.165, 1.54) is 16.9 Å². The van der Waals surface area contributed by atoms with Crippen molar-refractivity contribution in [2.75, 3.05) is 11.1 Å². The number of nitrogens with two attached hydrogens (primary N) is 1. The summed E-state index contributed by atoms with van der Waals surface area (Å²) in [5, 5.41) is 5.74. The second-order valence-corrected chi connectivity index (χ2v) is 12.3. The summed E-state index contributed by atoms with van der Waals surface area (Å²) in [6.07, 6.45) is 6.45. The van der Waals surface area contributed by atoms with Crippen molar-refractivity contribution in [2.45, 2.75) is 40.0 Å². The monoisotopic (exact) mass is 515 g/mol. The lowest BCUT2D eigenvalue weighted by Gasteiger charge is -2.34. The number of pyridine rings is 1. The van der Waals surface area contributed by atoms with Crippen LogP contribution in [0.5, 0.6) is 0 Å². The standard InChI is InChI=1S/C29H29N3O2S2/c1-29(2,3)19-8-12-23-18(15-19)16-22-25(30)26(36-28(22)32-23)27(34)31-20-9-6-17(7-10-20)24(33)13-11-21-5-4-14-35-21/h4-7,9-11,13-14,16,19H,8,12,15,30H2,1-3H3,(H,31,34)/b13-11+. The van der Waals surface area contributed by atoms with E-state index in [1.807, 2.05) is 23.6 Å². The number of rotatable bonds is 5. The number of fused-ring (bicyclic) bond motifs is 2. The molecule has 1 amide bonds. The number of carbonyl (C=O) groups is 2. The van der Waals surface area contributed by atoms with Gasteiger partial charge in [-0.15, -0.1) is 22.7 Å². The van der Waals surface area contributed by atoms with E-state index in [4.69, 9.17) is 10.7 Å². The number of allylic oxidation sites excluding steroid dienone is 1. The molecule has 1 aliphatic carbocycles. The minimum Gasteiger partial charge on any atom is -0.397 e. The van der Waals surface area contributed by atoms with Gasteiger partial charge in [-0.05, 0) is 90.1 Å². The Morgan fingerprint density at radius 3 is 2.64 bits per heavy atom. The molecule has 0 bridgehead atoms. The molecule has 1 atom stereocenters. The number of hydrogen-bond acceptors (Lipinski definition) is 6. The van der Waals surface area contributed by atoms with E-state index >= 15 is 0 Å². The van der Waals surface area contributed by atoms with Gasteiger partial charge in [0.1, 0.15) is 9.71 Å². The first-order chi connectivity index (χ1) is 17.2. The lowest BCUT2D eigenvalue weighted by Crippen LogP contribution is -2.27. The second kappa shape index (κ2) is 9.64. The van der Waals surface area contributed by atoms with Gasteiger partial charge in [-0.2, -0.15) is 0 Å². The maximum Gasteiger partial charge on any atom is 0.267 e. The second-order valence-electron chi connectivity index (χ2n) is 10.3. The number of ketones is 1. The van der Waals surface area contributed by atoms with Crippen LogP contribution in [0.2, 0.25) is 0 Å². The molecule has 3 heterocycles. The van der Waals surface area contributed by atoms with Crippen molar-refractivity contribution in [1.82, 2.24) is 4.98 Å². The molecule has 1 aliphatic rings. The highest BCUT2D eigenvalue weighted by molar-refractivity contribution is 7.21. The topological polar surface area (TPSA) is 85.1 Å². The molecule has 7 heteroatoms. The molecule has 0 spiro atoms. The summed E-state index contributed by atoms with van der Waals surface area (Å²) in [4.78, 5) is 32.7. The van der Waals surface area contributed by atoms with Crippen LogP contribution in [0.3, 0.4) is 0 Å². The maximum atomic E-state index is 13.1. The molecule has 1 unspecified atom stereocenters. The lowest BCUT2D eigenvalue weighted by molar-refractivity contribution is 0.102. The van der Waals surface area contributed by atoms with Crippen molar-refractivity contribution >= 4 is 62.0 Å². The Balaban J connectivity index is 1.32. The summed E-state index contributed by atoms with van der Waals surface area (Å²) in [6.45, 7) is 6.88. The quantitative estimate of drug-likeness (QED) is 0.217. The van der Waals surface area contributed by atoms with E-state index < -0.39 is 0 Å². The summed E-state index contributed by atoms with van der Waals surface area (Å²) in [5.74, 6) is 0.254. The predicted octanol–water partition coefficient (Wildman–Crippen LogP) is 7.24. The molecule has 0 radical (unpaired) electrons. The van der Waals surface area contributed by atoms with Gasteiger partial charge in [0, 0.05) is 27.2 Å². The third-order valence-corrected chi connectivity index (χ3v) is 8.84. The van der Waals surface area contributed by atoms with Crippen LogP contribution < -0.4 is 11.1 Å². The zero-order valence-electron chi connectivity index (χ0n) is 20.6. The van der Waals surface area contributed by atoms with E-state index in [9.17, 15) is 9.59 Å². The number of hydrogen-bond donors (Lipinski definition) is 2. The highest BCUT2D eigenvalue weighted by Crippen LogP contribution is 2.40. The van der Waals surface area contributed by atoms with Gasteiger partial charge in [-0.3, -0.25) is 9.59 Å². The highest BCUT2D eigenvalue weighted by atomic mass is 32.1. The van der Waals surface area contributed by atoms with Crippen LogP contribution in [-0.2, 0) is 12.8 Å². The Labute approximate surface area is 219 Å². The van der Waals surface area contributed by atoms with Crippen molar-refractivity contribution in [3.05, 3.63) is 80.5 Å². The molecular formula is C29H29N3O2S2. The summed E-state index contributed by atoms with van der Waals surface area (Å²) in [5.41, 5.74) is 10.7. The van der Waals surface area contributed by atoms with Crippen LogP contribution in [0.1, 0.15) is 63.4 Å². The third kappa shape index (κ3) is 4.99. The number of nitrogens with one attached hydrogen (secondary N) is 1. The minimum atomic E-state index is -0.266. The van der Waals surface area contributed by atoms with E-state index in [-0.39, 0.29) is 17.1 Å². The first kappa shape index (κ1) is 24.4. The van der Waals surface area contributed by atoms with Crippen LogP contribution >= 0.6 is 22.7 Å². The fourth-order valence-electron chi connectivity index (χ4n) is 4.64. The lowest BCUT2D eigenvalue weighted by atomic mass is 9.71. The largest absolute Gasteiger partial charge is 0.397 e. The average Bonchev–Trinajstić information content (AvgIpc) is 3.49. The molecule has 0 fully saturated rings. The molecule has 5 nitrogen and oxygen atoms in total. The summed E-state index contributed by atoms with van der Waals surface area (Å²) >= 11 is 2.91. The molecule has 0 aliphatic heterocycles. The van der Waals surface area contributed by atoms with Gasteiger partial charge in [0.25, 0.3) is 5.91 Å². The SMILES string of the molecule is CC(C)(C)C1CCc2nc3sc(C(=O)Nc4ccc(C(=O)/C=C/c5cccs5)cc4)c(N)c3cc2C1. The molecule has 36 heavy (non-hydrogen) atoms. The maximum absolute atomic E-state index is 13.1. The number of nitrogens with zero attached hydrogens (tertiary/aromatic N) is 1. The normalized spacial score (nSPS) is 15.8. The number of aryl methyl sites for hydroxylation is 1. The third-order valence-electron chi connectivity index (χ3n) is 6.89. The van der Waals surface area contributed by atoms with Gasteiger partial charge < -0.3 is 11.1 Å². The molecule has 184 valence electrons. The number of thiophene rings is 2. The number of carbonyl (C=O) groups excluding carboxylic acids is 2. The first-order valence-electron chi connectivity index (χ1n) is 12.1. The minimum absolute atomic E-state index is 0.0845. The highest BCUT2D eigenvalue weighted by Gasteiger charge is 2.30. The molecule has 3 N–H and O–H groups in total. The van der Waals surface area contributed by atoms with Crippen LogP contribution in [0, 0.1) is 11.3 Å². The van der Waals surface area contributed by atoms with Crippen molar-refractivity contribution < 1.29 is 9.59 Å². The Morgan fingerprint density at radius 1 is 1.17 bits per heavy atom. The van der Waals surface area contributed by atoms with Crippen LogP contribution in [0.15, 0.2) is 53.9 Å². The molecular weight excluding hydrogens is 486 g/mol. The van der Waals surface area contributed by atoms with Gasteiger partial charge >= 0.3 is 0 Å². The number of aromatic nitrogens is 1. The Morgan fingerprint density at radius 2 is 1.94 bits per heavy atom. The predicted molar refractivity (Wildman–Crippen MR) is 151 cm³/mol. The Bertz CT molecular complexity index is 1460. The Kier molecular flexibility index (Phi) is 6.53. The number of nitrogen functional groups attached to an aromatic ring is 1. The van der Waals surface area contributed by atoms with Crippen molar-refractivity contribution in [1.29, 1.82) is 0 Å². The molecule has 0 saturated heterocycles. The van der Waals surface area contributed by atoms with E-state index in [1.54, 1.807) is 41.7 Å². The average molecular weight is 516 g/mol. The van der Waals surface area contributed by atoms with Crippen LogP contribution in [0.25, 0.3) is 16.3 Å². The Hall–Kier alpha value is -3.29. The summed E-state index contributed by atoms with van der Waals surface area (Å²) in [6, 6.07) is 12.9. The molecule has 3 aromatic heterocycles. The summed E-state index contributed by atoms with van der Waals surface area (Å²) < 4.78 is 0. The van der Waals surface area contributed by atoms with E-state index in [0.29, 0.717) is 27.7 Å². The van der Waals surface area contributed by atoms with E-state index in [2.05, 4.69) is 32.2 Å². The molecule has 5 rings (SSSR count). The fraction of sp³-hybridized carbons (Fsp3) is 0.276. The first-order valence-corrected chi connectivity index (χ1v) is 13.8. The molecule has 1 aromatic carbocycles. The fourth-order valence-corrected chi connectivity index (χ4v) is 6.25. The zero-order chi connectivity index (χ0) is 25.4. The number of benzene rings is 1. The number of amides is 1. The van der Waals surface area contributed by atoms with Crippen LogP contribution in [-0.4, -0.2) is 16.7 Å². The molecule has 4 aromatic rings. The summed E-state index contributed by atoms with van der Waals surface area (Å²) in [7, 11) is 0. The molecule has 0 saturated carbocycles. The van der Waals surface area contributed by atoms with Crippen molar-refractivity contribution in [3.8, 4) is 0 Å². The van der Waals surface area contributed by atoms with Gasteiger partial charge in [-0.1, -0.05) is 26.8 Å².